The molecule has 2 rings (SSSR count). The number of likely N-dealkylation sites (tertiary alicyclic amines) is 1. The van der Waals surface area contributed by atoms with Crippen molar-refractivity contribution in [3.8, 4) is 0 Å². The molecule has 114 valence electrons. The number of benzene rings is 1. The maximum absolute atomic E-state index is 12.6. The first-order valence-corrected chi connectivity index (χ1v) is 6.91. The number of aliphatic hydroxyl groups excluding tert-OH is 1. The smallest absolute Gasteiger partial charge is 0.270 e. The zero-order valence-corrected chi connectivity index (χ0v) is 11.9. The highest BCUT2D eigenvalue weighted by Gasteiger charge is 2.33. The molecule has 0 radical (unpaired) electrons. The number of non-ortho nitro benzene ring substituents is 1. The van der Waals surface area contributed by atoms with Crippen LogP contribution in [0.4, 0.5) is 11.4 Å². The van der Waals surface area contributed by atoms with E-state index in [9.17, 15) is 20.0 Å². The fourth-order valence-corrected chi connectivity index (χ4v) is 2.78. The van der Waals surface area contributed by atoms with Gasteiger partial charge < -0.3 is 15.7 Å². The van der Waals surface area contributed by atoms with Crippen molar-refractivity contribution in [1.29, 1.82) is 0 Å². The van der Waals surface area contributed by atoms with Gasteiger partial charge >= 0.3 is 0 Å². The topological polar surface area (TPSA) is 110 Å². The molecule has 0 bridgehead atoms. The first-order valence-electron chi connectivity index (χ1n) is 6.91. The standard InChI is InChI=1S/C14H19N3O4/c1-9-3-2-6-16(13(9)8-18)14(19)11-7-10(17(20)21)4-5-12(11)15/h4-5,7,9,13,18H,2-3,6,8,15H2,1H3/t9-,13+/m0/s1. The van der Waals surface area contributed by atoms with Crippen molar-refractivity contribution in [2.45, 2.75) is 25.8 Å². The van der Waals surface area contributed by atoms with Crippen molar-refractivity contribution >= 4 is 17.3 Å². The molecular weight excluding hydrogens is 274 g/mol. The lowest BCUT2D eigenvalue weighted by atomic mass is 9.90. The van der Waals surface area contributed by atoms with Gasteiger partial charge in [-0.15, -0.1) is 0 Å². The Kier molecular flexibility index (Phi) is 4.42. The summed E-state index contributed by atoms with van der Waals surface area (Å²) < 4.78 is 0. The number of nitrogens with two attached hydrogens (primary N) is 1. The Bertz CT molecular complexity index is 561. The van der Waals surface area contributed by atoms with Crippen LogP contribution in [0.1, 0.15) is 30.1 Å². The number of carbonyl (C=O) groups excluding carboxylic acids is 1. The summed E-state index contributed by atoms with van der Waals surface area (Å²) in [5.41, 5.74) is 5.95. The Labute approximate surface area is 122 Å². The van der Waals surface area contributed by atoms with Crippen LogP contribution in [-0.2, 0) is 0 Å². The van der Waals surface area contributed by atoms with Gasteiger partial charge in [-0.2, -0.15) is 0 Å². The third kappa shape index (κ3) is 2.97. The van der Waals surface area contributed by atoms with Crippen molar-refractivity contribution in [2.24, 2.45) is 5.92 Å². The second-order valence-electron chi connectivity index (χ2n) is 5.40. The van der Waals surface area contributed by atoms with E-state index in [0.29, 0.717) is 6.54 Å². The van der Waals surface area contributed by atoms with Gasteiger partial charge in [0, 0.05) is 24.4 Å². The second-order valence-corrected chi connectivity index (χ2v) is 5.40. The average molecular weight is 293 g/mol. The van der Waals surface area contributed by atoms with E-state index in [2.05, 4.69) is 0 Å². The highest BCUT2D eigenvalue weighted by atomic mass is 16.6. The second kappa shape index (κ2) is 6.09. The zero-order valence-electron chi connectivity index (χ0n) is 11.9. The van der Waals surface area contributed by atoms with Crippen molar-refractivity contribution < 1.29 is 14.8 Å². The predicted octanol–water partition coefficient (Wildman–Crippen LogP) is 1.41. The number of amides is 1. The van der Waals surface area contributed by atoms with Crippen LogP contribution in [0.5, 0.6) is 0 Å². The molecule has 1 aromatic rings. The molecule has 0 aliphatic carbocycles. The van der Waals surface area contributed by atoms with Gasteiger partial charge in [-0.05, 0) is 24.8 Å². The lowest BCUT2D eigenvalue weighted by molar-refractivity contribution is -0.384. The fourth-order valence-electron chi connectivity index (χ4n) is 2.78. The first kappa shape index (κ1) is 15.2. The van der Waals surface area contributed by atoms with E-state index in [0.717, 1.165) is 12.8 Å². The van der Waals surface area contributed by atoms with E-state index in [1.807, 2.05) is 6.92 Å². The zero-order chi connectivity index (χ0) is 15.6. The van der Waals surface area contributed by atoms with Crippen LogP contribution in [0.2, 0.25) is 0 Å². The van der Waals surface area contributed by atoms with E-state index in [1.54, 1.807) is 4.90 Å². The molecule has 2 atom stereocenters. The molecule has 7 heteroatoms. The molecule has 1 amide bonds. The number of hydrogen-bond acceptors (Lipinski definition) is 5. The summed E-state index contributed by atoms with van der Waals surface area (Å²) in [5.74, 6) is -0.172. The lowest BCUT2D eigenvalue weighted by Crippen LogP contribution is -2.49. The minimum Gasteiger partial charge on any atom is -0.398 e. The van der Waals surface area contributed by atoms with Gasteiger partial charge in [-0.1, -0.05) is 6.92 Å². The van der Waals surface area contributed by atoms with E-state index in [-0.39, 0.29) is 41.4 Å². The van der Waals surface area contributed by atoms with Gasteiger partial charge in [0.05, 0.1) is 23.1 Å². The molecule has 1 aromatic carbocycles. The number of aliphatic hydroxyl groups is 1. The first-order chi connectivity index (χ1) is 9.95. The van der Waals surface area contributed by atoms with Crippen LogP contribution in [0, 0.1) is 16.0 Å². The molecule has 7 nitrogen and oxygen atoms in total. The van der Waals surface area contributed by atoms with E-state index >= 15 is 0 Å². The molecule has 3 N–H and O–H groups in total. The van der Waals surface area contributed by atoms with Gasteiger partial charge in [-0.3, -0.25) is 14.9 Å². The third-order valence-corrected chi connectivity index (χ3v) is 4.04. The van der Waals surface area contributed by atoms with Crippen molar-refractivity contribution in [1.82, 2.24) is 4.90 Å². The normalized spacial score (nSPS) is 22.1. The van der Waals surface area contributed by atoms with E-state index < -0.39 is 4.92 Å². The van der Waals surface area contributed by atoms with E-state index in [1.165, 1.54) is 18.2 Å². The Morgan fingerprint density at radius 1 is 1.57 bits per heavy atom. The van der Waals surface area contributed by atoms with Crippen LogP contribution in [0.15, 0.2) is 18.2 Å². The summed E-state index contributed by atoms with van der Waals surface area (Å²) >= 11 is 0. The molecule has 21 heavy (non-hydrogen) atoms. The number of rotatable bonds is 3. The van der Waals surface area contributed by atoms with Crippen molar-refractivity contribution in [2.75, 3.05) is 18.9 Å². The molecule has 1 heterocycles. The monoisotopic (exact) mass is 293 g/mol. The largest absolute Gasteiger partial charge is 0.398 e. The molecule has 0 unspecified atom stereocenters. The Morgan fingerprint density at radius 3 is 2.90 bits per heavy atom. The minimum atomic E-state index is -0.557. The SMILES string of the molecule is C[C@H]1CCCN(C(=O)c2cc([N+](=O)[O-])ccc2N)[C@@H]1CO. The Hall–Kier alpha value is -2.15. The van der Waals surface area contributed by atoms with Crippen LogP contribution >= 0.6 is 0 Å². The van der Waals surface area contributed by atoms with Gasteiger partial charge in [0.25, 0.3) is 11.6 Å². The fraction of sp³-hybridized carbons (Fsp3) is 0.500. The Balaban J connectivity index is 2.34. The van der Waals surface area contributed by atoms with Crippen molar-refractivity contribution in [3.63, 3.8) is 0 Å². The lowest BCUT2D eigenvalue weighted by Gasteiger charge is -2.39. The third-order valence-electron chi connectivity index (χ3n) is 4.04. The highest BCUT2D eigenvalue weighted by Crippen LogP contribution is 2.27. The quantitative estimate of drug-likeness (QED) is 0.497. The summed E-state index contributed by atoms with van der Waals surface area (Å²) in [5, 5.41) is 20.3. The number of hydrogen-bond donors (Lipinski definition) is 2. The summed E-state index contributed by atoms with van der Waals surface area (Å²) in [4.78, 5) is 24.5. The highest BCUT2D eigenvalue weighted by molar-refractivity contribution is 6.00. The van der Waals surface area contributed by atoms with Crippen LogP contribution in [-0.4, -0.2) is 40.0 Å². The number of anilines is 1. The number of carbonyl (C=O) groups is 1. The summed E-state index contributed by atoms with van der Waals surface area (Å²) in [6.45, 7) is 2.38. The van der Waals surface area contributed by atoms with Crippen LogP contribution in [0.25, 0.3) is 0 Å². The molecular formula is C14H19N3O4. The number of nitro groups is 1. The van der Waals surface area contributed by atoms with Crippen LogP contribution in [0.3, 0.4) is 0 Å². The Morgan fingerprint density at radius 2 is 2.29 bits per heavy atom. The molecule has 1 aliphatic rings. The maximum Gasteiger partial charge on any atom is 0.270 e. The molecule has 1 aliphatic heterocycles. The summed E-state index contributed by atoms with van der Waals surface area (Å²) in [6.07, 6.45) is 1.79. The molecule has 1 fully saturated rings. The minimum absolute atomic E-state index is 0.122. The predicted molar refractivity (Wildman–Crippen MR) is 77.8 cm³/mol. The molecule has 0 aromatic heterocycles. The summed E-state index contributed by atoms with van der Waals surface area (Å²) in [7, 11) is 0. The van der Waals surface area contributed by atoms with Gasteiger partial charge in [0.1, 0.15) is 0 Å². The van der Waals surface area contributed by atoms with Crippen molar-refractivity contribution in [3.05, 3.63) is 33.9 Å². The number of nitro benzene ring substituents is 1. The molecule has 0 spiro atoms. The van der Waals surface area contributed by atoms with Crippen LogP contribution < -0.4 is 5.73 Å². The van der Waals surface area contributed by atoms with E-state index in [4.69, 9.17) is 5.73 Å². The molecule has 0 saturated carbocycles. The average Bonchev–Trinajstić information content (AvgIpc) is 2.46. The number of nitrogen functional groups attached to an aromatic ring is 1. The van der Waals surface area contributed by atoms with Gasteiger partial charge in [0.2, 0.25) is 0 Å². The maximum atomic E-state index is 12.6. The van der Waals surface area contributed by atoms with Gasteiger partial charge in [0.15, 0.2) is 0 Å². The summed E-state index contributed by atoms with van der Waals surface area (Å²) in [6, 6.07) is 3.57. The number of piperidine rings is 1. The van der Waals surface area contributed by atoms with Gasteiger partial charge in [-0.25, -0.2) is 0 Å². The number of nitrogens with zero attached hydrogens (tertiary/aromatic N) is 2. The molecule has 1 saturated heterocycles.